The van der Waals surface area contributed by atoms with Crippen molar-refractivity contribution in [3.05, 3.63) is 72.1 Å². The zero-order valence-corrected chi connectivity index (χ0v) is 14.2. The van der Waals surface area contributed by atoms with Crippen molar-refractivity contribution in [1.29, 1.82) is 0 Å². The molecule has 8 heteroatoms. The minimum absolute atomic E-state index is 0.0500. The van der Waals surface area contributed by atoms with E-state index in [0.29, 0.717) is 28.6 Å². The second-order valence-corrected chi connectivity index (χ2v) is 5.75. The molecule has 5 nitrogen and oxygen atoms in total. The van der Waals surface area contributed by atoms with Crippen LogP contribution in [-0.2, 0) is 6.18 Å². The first-order chi connectivity index (χ1) is 12.8. The second kappa shape index (κ2) is 7.45. The summed E-state index contributed by atoms with van der Waals surface area (Å²) >= 11 is 0. The van der Waals surface area contributed by atoms with Crippen molar-refractivity contribution in [3.8, 4) is 0 Å². The number of carbonyl (C=O) groups excluding carboxylic acids is 1. The SMILES string of the molecule is CC(=O)c1cccc(Nc2cc(Nc3ccc(C(F)(F)F)cc3)ncn2)c1. The Labute approximate surface area is 153 Å². The number of nitrogens with zero attached hydrogens (tertiary/aromatic N) is 2. The Balaban J connectivity index is 1.74. The van der Waals surface area contributed by atoms with Gasteiger partial charge in [-0.2, -0.15) is 13.2 Å². The van der Waals surface area contributed by atoms with E-state index in [1.165, 1.54) is 25.4 Å². The molecule has 0 bridgehead atoms. The van der Waals surface area contributed by atoms with Gasteiger partial charge in [0.1, 0.15) is 18.0 Å². The number of hydrogen-bond donors (Lipinski definition) is 2. The summed E-state index contributed by atoms with van der Waals surface area (Å²) in [5.41, 5.74) is 0.994. The number of benzene rings is 2. The predicted octanol–water partition coefficient (Wildman–Crippen LogP) is 5.19. The molecule has 0 radical (unpaired) electrons. The summed E-state index contributed by atoms with van der Waals surface area (Å²) in [5.74, 6) is 0.834. The van der Waals surface area contributed by atoms with E-state index in [0.717, 1.165) is 12.1 Å². The van der Waals surface area contributed by atoms with Gasteiger partial charge in [0.25, 0.3) is 0 Å². The topological polar surface area (TPSA) is 66.9 Å². The van der Waals surface area contributed by atoms with Crippen LogP contribution in [0.5, 0.6) is 0 Å². The Morgan fingerprint density at radius 1 is 0.889 bits per heavy atom. The van der Waals surface area contributed by atoms with Crippen molar-refractivity contribution in [1.82, 2.24) is 9.97 Å². The molecule has 3 aromatic rings. The number of anilines is 4. The van der Waals surface area contributed by atoms with Gasteiger partial charge in [0.15, 0.2) is 5.78 Å². The van der Waals surface area contributed by atoms with Crippen molar-refractivity contribution < 1.29 is 18.0 Å². The molecule has 138 valence electrons. The quantitative estimate of drug-likeness (QED) is 0.604. The van der Waals surface area contributed by atoms with Crippen LogP contribution in [0.4, 0.5) is 36.2 Å². The lowest BCUT2D eigenvalue weighted by Gasteiger charge is -2.10. The fourth-order valence-electron chi connectivity index (χ4n) is 2.35. The van der Waals surface area contributed by atoms with E-state index in [9.17, 15) is 18.0 Å². The van der Waals surface area contributed by atoms with E-state index in [2.05, 4.69) is 20.6 Å². The molecule has 2 N–H and O–H groups in total. The number of rotatable bonds is 5. The van der Waals surface area contributed by atoms with Crippen LogP contribution in [-0.4, -0.2) is 15.8 Å². The summed E-state index contributed by atoms with van der Waals surface area (Å²) in [6.45, 7) is 1.48. The van der Waals surface area contributed by atoms with Crippen LogP contribution in [0.2, 0.25) is 0 Å². The van der Waals surface area contributed by atoms with E-state index in [1.54, 1.807) is 30.3 Å². The van der Waals surface area contributed by atoms with Crippen LogP contribution in [0.3, 0.4) is 0 Å². The van der Waals surface area contributed by atoms with Crippen molar-refractivity contribution in [3.63, 3.8) is 0 Å². The molecule has 3 rings (SSSR count). The van der Waals surface area contributed by atoms with Gasteiger partial charge in [-0.25, -0.2) is 9.97 Å². The lowest BCUT2D eigenvalue weighted by Crippen LogP contribution is -2.04. The third-order valence-corrected chi connectivity index (χ3v) is 3.69. The van der Waals surface area contributed by atoms with E-state index in [1.807, 2.05) is 0 Å². The normalized spacial score (nSPS) is 11.1. The first kappa shape index (κ1) is 18.4. The monoisotopic (exact) mass is 372 g/mol. The first-order valence-electron chi connectivity index (χ1n) is 7.95. The van der Waals surface area contributed by atoms with Gasteiger partial charge in [0.05, 0.1) is 5.56 Å². The fraction of sp³-hybridized carbons (Fsp3) is 0.105. The Bertz CT molecular complexity index is 956. The molecule has 27 heavy (non-hydrogen) atoms. The highest BCUT2D eigenvalue weighted by Gasteiger charge is 2.29. The van der Waals surface area contributed by atoms with Crippen molar-refractivity contribution >= 4 is 28.8 Å². The zero-order chi connectivity index (χ0) is 19.4. The maximum Gasteiger partial charge on any atom is 0.416 e. The molecule has 0 fully saturated rings. The second-order valence-electron chi connectivity index (χ2n) is 5.75. The Hall–Kier alpha value is -3.42. The van der Waals surface area contributed by atoms with Crippen molar-refractivity contribution in [2.45, 2.75) is 13.1 Å². The molecule has 0 aliphatic heterocycles. The summed E-state index contributed by atoms with van der Waals surface area (Å²) in [6.07, 6.45) is -3.05. The van der Waals surface area contributed by atoms with Gasteiger partial charge in [-0.3, -0.25) is 4.79 Å². The number of alkyl halides is 3. The van der Waals surface area contributed by atoms with E-state index < -0.39 is 11.7 Å². The third kappa shape index (κ3) is 4.81. The highest BCUT2D eigenvalue weighted by molar-refractivity contribution is 5.95. The van der Waals surface area contributed by atoms with Crippen LogP contribution in [0, 0.1) is 0 Å². The van der Waals surface area contributed by atoms with Crippen LogP contribution in [0.1, 0.15) is 22.8 Å². The number of ketones is 1. The van der Waals surface area contributed by atoms with E-state index >= 15 is 0 Å². The number of hydrogen-bond acceptors (Lipinski definition) is 5. The van der Waals surface area contributed by atoms with Gasteiger partial charge >= 0.3 is 6.18 Å². The Kier molecular flexibility index (Phi) is 5.07. The molecule has 0 saturated carbocycles. The average Bonchev–Trinajstić information content (AvgIpc) is 2.62. The van der Waals surface area contributed by atoms with Gasteiger partial charge in [0, 0.05) is 23.0 Å². The van der Waals surface area contributed by atoms with Gasteiger partial charge in [0.2, 0.25) is 0 Å². The number of aromatic nitrogens is 2. The van der Waals surface area contributed by atoms with E-state index in [-0.39, 0.29) is 5.78 Å². The molecule has 0 aliphatic rings. The summed E-state index contributed by atoms with van der Waals surface area (Å²) in [5, 5.41) is 5.99. The predicted molar refractivity (Wildman–Crippen MR) is 96.5 cm³/mol. The summed E-state index contributed by atoms with van der Waals surface area (Å²) < 4.78 is 37.8. The lowest BCUT2D eigenvalue weighted by molar-refractivity contribution is -0.137. The minimum Gasteiger partial charge on any atom is -0.340 e. The molecule has 0 saturated heterocycles. The van der Waals surface area contributed by atoms with Gasteiger partial charge in [-0.05, 0) is 43.3 Å². The minimum atomic E-state index is -4.38. The molecule has 0 atom stereocenters. The maximum atomic E-state index is 12.6. The smallest absolute Gasteiger partial charge is 0.340 e. The van der Waals surface area contributed by atoms with Crippen LogP contribution >= 0.6 is 0 Å². The number of nitrogens with one attached hydrogen (secondary N) is 2. The molecule has 1 aromatic heterocycles. The Morgan fingerprint density at radius 3 is 2.11 bits per heavy atom. The number of Topliss-reactive ketones (excluding diaryl/α,β-unsaturated/α-hetero) is 1. The summed E-state index contributed by atoms with van der Waals surface area (Å²) in [4.78, 5) is 19.6. The van der Waals surface area contributed by atoms with Crippen LogP contribution in [0.15, 0.2) is 60.9 Å². The van der Waals surface area contributed by atoms with Crippen LogP contribution in [0.25, 0.3) is 0 Å². The number of carbonyl (C=O) groups is 1. The summed E-state index contributed by atoms with van der Waals surface area (Å²) in [6, 6.07) is 13.2. The molecular weight excluding hydrogens is 357 g/mol. The summed E-state index contributed by atoms with van der Waals surface area (Å²) in [7, 11) is 0. The van der Waals surface area contributed by atoms with Gasteiger partial charge < -0.3 is 10.6 Å². The van der Waals surface area contributed by atoms with Crippen molar-refractivity contribution in [2.75, 3.05) is 10.6 Å². The molecule has 0 unspecified atom stereocenters. The zero-order valence-electron chi connectivity index (χ0n) is 14.2. The lowest BCUT2D eigenvalue weighted by atomic mass is 10.1. The Morgan fingerprint density at radius 2 is 1.52 bits per heavy atom. The van der Waals surface area contributed by atoms with Gasteiger partial charge in [-0.15, -0.1) is 0 Å². The average molecular weight is 372 g/mol. The highest BCUT2D eigenvalue weighted by atomic mass is 19.4. The molecule has 2 aromatic carbocycles. The van der Waals surface area contributed by atoms with E-state index in [4.69, 9.17) is 0 Å². The third-order valence-electron chi connectivity index (χ3n) is 3.69. The first-order valence-corrected chi connectivity index (χ1v) is 7.95. The molecule has 0 aliphatic carbocycles. The standard InChI is InChI=1S/C19H15F3N4O/c1-12(27)13-3-2-4-16(9-13)26-18-10-17(23-11-24-18)25-15-7-5-14(6-8-15)19(20,21)22/h2-11H,1H3,(H2,23,24,25,26). The molecule has 0 spiro atoms. The maximum absolute atomic E-state index is 12.6. The molecule has 1 heterocycles. The van der Waals surface area contributed by atoms with Gasteiger partial charge in [-0.1, -0.05) is 12.1 Å². The number of halogens is 3. The largest absolute Gasteiger partial charge is 0.416 e. The highest BCUT2D eigenvalue weighted by Crippen LogP contribution is 2.30. The molecule has 0 amide bonds. The molecular formula is C19H15F3N4O. The fourth-order valence-corrected chi connectivity index (χ4v) is 2.35. The van der Waals surface area contributed by atoms with Crippen LogP contribution < -0.4 is 10.6 Å². The van der Waals surface area contributed by atoms with Crippen molar-refractivity contribution in [2.24, 2.45) is 0 Å².